The Balaban J connectivity index is 2.19. The van der Waals surface area contributed by atoms with Gasteiger partial charge in [-0.25, -0.2) is 0 Å². The zero-order valence-corrected chi connectivity index (χ0v) is 11.1. The molecule has 0 heterocycles. The van der Waals surface area contributed by atoms with Gasteiger partial charge in [0.25, 0.3) is 5.69 Å². The molecule has 0 amide bonds. The van der Waals surface area contributed by atoms with Crippen molar-refractivity contribution in [3.63, 3.8) is 0 Å². The molecule has 0 saturated heterocycles. The summed E-state index contributed by atoms with van der Waals surface area (Å²) in [5, 5.41) is 10.7. The second-order valence-corrected chi connectivity index (χ2v) is 4.39. The Labute approximate surface area is 116 Å². The first-order chi connectivity index (χ1) is 9.47. The topological polar surface area (TPSA) is 69.4 Å². The molecule has 2 aromatic rings. The van der Waals surface area contributed by atoms with Crippen molar-refractivity contribution in [3.8, 4) is 11.5 Å². The average molecular weight is 271 g/mol. The molecule has 0 bridgehead atoms. The lowest BCUT2D eigenvalue weighted by molar-refractivity contribution is -0.385. The third-order valence-electron chi connectivity index (χ3n) is 2.86. The smallest absolute Gasteiger partial charge is 0.272 e. The number of ketones is 1. The van der Waals surface area contributed by atoms with E-state index in [1.54, 1.807) is 43.3 Å². The molecule has 2 aromatic carbocycles. The predicted octanol–water partition coefficient (Wildman–Crippen LogP) is 3.90. The highest BCUT2D eigenvalue weighted by molar-refractivity contribution is 5.94. The fourth-order valence-electron chi connectivity index (χ4n) is 1.79. The summed E-state index contributed by atoms with van der Waals surface area (Å²) in [7, 11) is 0. The Bertz CT molecular complexity index is 662. The third kappa shape index (κ3) is 3.00. The number of hydrogen-bond acceptors (Lipinski definition) is 4. The number of carbonyl (C=O) groups excluding carboxylic acids is 1. The van der Waals surface area contributed by atoms with Crippen molar-refractivity contribution in [1.82, 2.24) is 0 Å². The van der Waals surface area contributed by atoms with Crippen LogP contribution in [0.2, 0.25) is 0 Å². The van der Waals surface area contributed by atoms with E-state index in [1.165, 1.54) is 13.0 Å². The van der Waals surface area contributed by atoms with Gasteiger partial charge in [-0.15, -0.1) is 0 Å². The molecule has 0 N–H and O–H groups in total. The minimum absolute atomic E-state index is 0.0114. The summed E-state index contributed by atoms with van der Waals surface area (Å²) in [4.78, 5) is 21.5. The molecule has 0 aliphatic rings. The molecule has 0 saturated carbocycles. The second-order valence-electron chi connectivity index (χ2n) is 4.39. The van der Waals surface area contributed by atoms with Crippen molar-refractivity contribution >= 4 is 11.5 Å². The molecule has 0 aliphatic carbocycles. The largest absolute Gasteiger partial charge is 0.457 e. The molecular weight excluding hydrogens is 258 g/mol. The molecule has 0 spiro atoms. The molecule has 0 aliphatic heterocycles. The maximum Gasteiger partial charge on any atom is 0.272 e. The number of ether oxygens (including phenoxy) is 1. The van der Waals surface area contributed by atoms with Gasteiger partial charge in [0.05, 0.1) is 4.92 Å². The van der Waals surface area contributed by atoms with Crippen molar-refractivity contribution in [3.05, 3.63) is 63.7 Å². The van der Waals surface area contributed by atoms with E-state index >= 15 is 0 Å². The normalized spacial score (nSPS) is 10.1. The van der Waals surface area contributed by atoms with E-state index in [4.69, 9.17) is 4.74 Å². The zero-order valence-electron chi connectivity index (χ0n) is 11.1. The Morgan fingerprint density at radius 2 is 1.70 bits per heavy atom. The summed E-state index contributed by atoms with van der Waals surface area (Å²) >= 11 is 0. The number of hydrogen-bond donors (Lipinski definition) is 0. The number of carbonyl (C=O) groups is 1. The van der Waals surface area contributed by atoms with Crippen LogP contribution < -0.4 is 4.74 Å². The quantitative estimate of drug-likeness (QED) is 0.480. The predicted molar refractivity (Wildman–Crippen MR) is 74.4 cm³/mol. The first-order valence-electron chi connectivity index (χ1n) is 6.01. The fourth-order valence-corrected chi connectivity index (χ4v) is 1.79. The Morgan fingerprint density at radius 3 is 2.20 bits per heavy atom. The van der Waals surface area contributed by atoms with Crippen LogP contribution >= 0.6 is 0 Å². The summed E-state index contributed by atoms with van der Waals surface area (Å²) in [6, 6.07) is 11.3. The summed E-state index contributed by atoms with van der Waals surface area (Å²) in [6.45, 7) is 3.15. The lowest BCUT2D eigenvalue weighted by atomic mass is 10.1. The molecule has 5 nitrogen and oxygen atoms in total. The monoisotopic (exact) mass is 271 g/mol. The molecule has 0 aromatic heterocycles. The zero-order chi connectivity index (χ0) is 14.7. The molecule has 102 valence electrons. The van der Waals surface area contributed by atoms with Gasteiger partial charge in [-0.3, -0.25) is 14.9 Å². The van der Waals surface area contributed by atoms with Crippen LogP contribution in [0.1, 0.15) is 22.8 Å². The van der Waals surface area contributed by atoms with Crippen molar-refractivity contribution in [2.24, 2.45) is 0 Å². The number of Topliss-reactive ketones (excluding diaryl/α,β-unsaturated/α-hetero) is 1. The lowest BCUT2D eigenvalue weighted by Gasteiger charge is -2.07. The molecule has 0 radical (unpaired) electrons. The summed E-state index contributed by atoms with van der Waals surface area (Å²) in [6.07, 6.45) is 0. The number of rotatable bonds is 4. The minimum atomic E-state index is -0.430. The van der Waals surface area contributed by atoms with Gasteiger partial charge in [0.1, 0.15) is 11.5 Å². The molecule has 20 heavy (non-hydrogen) atoms. The summed E-state index contributed by atoms with van der Waals surface area (Å²) < 4.78 is 5.59. The van der Waals surface area contributed by atoms with Gasteiger partial charge in [-0.2, -0.15) is 0 Å². The van der Waals surface area contributed by atoms with Crippen LogP contribution in [0.4, 0.5) is 5.69 Å². The van der Waals surface area contributed by atoms with E-state index in [9.17, 15) is 14.9 Å². The van der Waals surface area contributed by atoms with Crippen LogP contribution in [0.25, 0.3) is 0 Å². The van der Waals surface area contributed by atoms with E-state index in [0.29, 0.717) is 22.6 Å². The second kappa shape index (κ2) is 5.52. The molecule has 2 rings (SSSR count). The Morgan fingerprint density at radius 1 is 1.10 bits per heavy atom. The van der Waals surface area contributed by atoms with Gasteiger partial charge in [-0.05, 0) is 50.2 Å². The Hall–Kier alpha value is -2.69. The van der Waals surface area contributed by atoms with E-state index in [0.717, 1.165) is 0 Å². The molecule has 5 heteroatoms. The summed E-state index contributed by atoms with van der Waals surface area (Å²) in [5.41, 5.74) is 1.20. The van der Waals surface area contributed by atoms with Gasteiger partial charge in [0, 0.05) is 17.2 Å². The van der Waals surface area contributed by atoms with Gasteiger partial charge in [0.2, 0.25) is 0 Å². The van der Waals surface area contributed by atoms with Gasteiger partial charge in [0.15, 0.2) is 5.78 Å². The van der Waals surface area contributed by atoms with Crippen LogP contribution in [0.15, 0.2) is 42.5 Å². The van der Waals surface area contributed by atoms with E-state index < -0.39 is 4.92 Å². The first kappa shape index (κ1) is 13.7. The van der Waals surface area contributed by atoms with Gasteiger partial charge < -0.3 is 4.74 Å². The van der Waals surface area contributed by atoms with Crippen molar-refractivity contribution in [2.45, 2.75) is 13.8 Å². The van der Waals surface area contributed by atoms with E-state index in [-0.39, 0.29) is 11.5 Å². The highest BCUT2D eigenvalue weighted by Gasteiger charge is 2.11. The number of nitrogens with zero attached hydrogens (tertiary/aromatic N) is 1. The van der Waals surface area contributed by atoms with Gasteiger partial charge in [-0.1, -0.05) is 0 Å². The number of nitro groups is 1. The number of aryl methyl sites for hydroxylation is 1. The van der Waals surface area contributed by atoms with E-state index in [2.05, 4.69) is 0 Å². The van der Waals surface area contributed by atoms with Crippen LogP contribution in [0.5, 0.6) is 11.5 Å². The van der Waals surface area contributed by atoms with Crippen molar-refractivity contribution in [2.75, 3.05) is 0 Å². The number of nitro benzene ring substituents is 1. The highest BCUT2D eigenvalue weighted by Crippen LogP contribution is 2.27. The summed E-state index contributed by atoms with van der Waals surface area (Å²) in [5.74, 6) is 1.08. The molecule has 0 fully saturated rings. The average Bonchev–Trinajstić information content (AvgIpc) is 2.39. The molecule has 0 unspecified atom stereocenters. The Kier molecular flexibility index (Phi) is 3.79. The van der Waals surface area contributed by atoms with Crippen molar-refractivity contribution < 1.29 is 14.5 Å². The van der Waals surface area contributed by atoms with Crippen LogP contribution in [-0.4, -0.2) is 10.7 Å². The third-order valence-corrected chi connectivity index (χ3v) is 2.86. The first-order valence-corrected chi connectivity index (χ1v) is 6.01. The van der Waals surface area contributed by atoms with Crippen LogP contribution in [0.3, 0.4) is 0 Å². The fraction of sp³-hybridized carbons (Fsp3) is 0.133. The lowest BCUT2D eigenvalue weighted by Crippen LogP contribution is -1.93. The standard InChI is InChI=1S/C15H13NO4/c1-10-9-14(7-8-15(10)16(18)19)20-13-5-3-12(4-6-13)11(2)17/h3-9H,1-2H3. The van der Waals surface area contributed by atoms with Gasteiger partial charge >= 0.3 is 0 Å². The number of benzene rings is 2. The minimum Gasteiger partial charge on any atom is -0.457 e. The van der Waals surface area contributed by atoms with E-state index in [1.807, 2.05) is 0 Å². The maximum absolute atomic E-state index is 11.2. The maximum atomic E-state index is 11.2. The van der Waals surface area contributed by atoms with Crippen LogP contribution in [0, 0.1) is 17.0 Å². The highest BCUT2D eigenvalue weighted by atomic mass is 16.6. The molecular formula is C15H13NO4. The molecule has 0 atom stereocenters. The van der Waals surface area contributed by atoms with Crippen LogP contribution in [-0.2, 0) is 0 Å². The SMILES string of the molecule is CC(=O)c1ccc(Oc2ccc([N+](=O)[O-])c(C)c2)cc1. The van der Waals surface area contributed by atoms with Crippen molar-refractivity contribution in [1.29, 1.82) is 0 Å².